The van der Waals surface area contributed by atoms with Crippen LogP contribution < -0.4 is 0 Å². The molecule has 0 bridgehead atoms. The Morgan fingerprint density at radius 2 is 1.71 bits per heavy atom. The summed E-state index contributed by atoms with van der Waals surface area (Å²) in [6, 6.07) is 13.2. The first-order chi connectivity index (χ1) is 11.5. The molecule has 3 aromatic rings. The van der Waals surface area contributed by atoms with Gasteiger partial charge in [0.1, 0.15) is 0 Å². The lowest BCUT2D eigenvalue weighted by atomic mass is 10.1. The summed E-state index contributed by atoms with van der Waals surface area (Å²) in [4.78, 5) is 11.4. The van der Waals surface area contributed by atoms with Crippen LogP contribution in [0.3, 0.4) is 0 Å². The van der Waals surface area contributed by atoms with Crippen molar-refractivity contribution in [3.63, 3.8) is 0 Å². The summed E-state index contributed by atoms with van der Waals surface area (Å²) in [7, 11) is 1.86. The molecule has 1 heterocycles. The molecule has 0 aliphatic rings. The zero-order valence-electron chi connectivity index (χ0n) is 13.6. The van der Waals surface area contributed by atoms with Crippen LogP contribution in [0.25, 0.3) is 11.4 Å². The van der Waals surface area contributed by atoms with Crippen LogP contribution in [0.15, 0.2) is 52.5 Å². The lowest BCUT2D eigenvalue weighted by molar-refractivity contribution is -0.387. The zero-order valence-corrected chi connectivity index (χ0v) is 14.4. The van der Waals surface area contributed by atoms with Gasteiger partial charge in [0.25, 0.3) is 5.69 Å². The van der Waals surface area contributed by atoms with Crippen LogP contribution in [0.1, 0.15) is 11.1 Å². The van der Waals surface area contributed by atoms with Gasteiger partial charge in [0.2, 0.25) is 0 Å². The third kappa shape index (κ3) is 3.16. The predicted octanol–water partition coefficient (Wildman–Crippen LogP) is 4.16. The van der Waals surface area contributed by atoms with E-state index in [0.29, 0.717) is 10.1 Å². The lowest BCUT2D eigenvalue weighted by Crippen LogP contribution is -1.96. The van der Waals surface area contributed by atoms with E-state index in [0.717, 1.165) is 17.0 Å². The molecule has 0 saturated carbocycles. The number of aryl methyl sites for hydroxylation is 2. The Balaban J connectivity index is 1.95. The summed E-state index contributed by atoms with van der Waals surface area (Å²) < 4.78 is 1.85. The van der Waals surface area contributed by atoms with E-state index in [4.69, 9.17) is 0 Å². The largest absolute Gasteiger partial charge is 0.305 e. The van der Waals surface area contributed by atoms with Gasteiger partial charge in [-0.2, -0.15) is 0 Å². The maximum absolute atomic E-state index is 11.3. The van der Waals surface area contributed by atoms with E-state index in [9.17, 15) is 10.1 Å². The van der Waals surface area contributed by atoms with Crippen molar-refractivity contribution in [1.29, 1.82) is 0 Å². The maximum atomic E-state index is 11.3. The Morgan fingerprint density at radius 3 is 2.38 bits per heavy atom. The second-order valence-corrected chi connectivity index (χ2v) is 6.57. The van der Waals surface area contributed by atoms with Crippen LogP contribution in [0.4, 0.5) is 5.69 Å². The molecule has 0 saturated heterocycles. The highest BCUT2D eigenvalue weighted by Crippen LogP contribution is 2.35. The molecule has 6 nitrogen and oxygen atoms in total. The van der Waals surface area contributed by atoms with Gasteiger partial charge in [0.05, 0.1) is 9.82 Å². The van der Waals surface area contributed by atoms with Gasteiger partial charge >= 0.3 is 0 Å². The first kappa shape index (κ1) is 16.2. The number of benzene rings is 2. The molecule has 3 rings (SSSR count). The van der Waals surface area contributed by atoms with E-state index in [1.165, 1.54) is 17.3 Å². The number of aromatic nitrogens is 3. The molecular formula is C17H16N4O2S. The third-order valence-electron chi connectivity index (χ3n) is 3.66. The van der Waals surface area contributed by atoms with Crippen LogP contribution in [0.5, 0.6) is 0 Å². The molecule has 0 radical (unpaired) electrons. The molecule has 0 unspecified atom stereocenters. The average molecular weight is 340 g/mol. The standard InChI is InChI=1S/C17H16N4O2S/c1-11-4-7-13(8-5-11)16-18-19-17(20(16)3)24-15-9-6-12(2)10-14(15)21(22)23/h4-10H,1-3H3. The minimum absolute atomic E-state index is 0.0832. The van der Waals surface area contributed by atoms with Crippen LogP contribution in [-0.2, 0) is 7.05 Å². The van der Waals surface area contributed by atoms with E-state index in [1.54, 1.807) is 12.1 Å². The van der Waals surface area contributed by atoms with Crippen LogP contribution >= 0.6 is 11.8 Å². The monoisotopic (exact) mass is 340 g/mol. The first-order valence-electron chi connectivity index (χ1n) is 7.35. The molecule has 7 heteroatoms. The Kier molecular flexibility index (Phi) is 4.35. The van der Waals surface area contributed by atoms with Crippen molar-refractivity contribution in [2.24, 2.45) is 7.05 Å². The molecule has 1 aromatic heterocycles. The van der Waals surface area contributed by atoms with Crippen molar-refractivity contribution in [1.82, 2.24) is 14.8 Å². The summed E-state index contributed by atoms with van der Waals surface area (Å²) in [5.41, 5.74) is 3.07. The summed E-state index contributed by atoms with van der Waals surface area (Å²) in [6.45, 7) is 3.86. The van der Waals surface area contributed by atoms with Gasteiger partial charge in [0, 0.05) is 18.7 Å². The average Bonchev–Trinajstić information content (AvgIpc) is 2.91. The minimum atomic E-state index is -0.368. The topological polar surface area (TPSA) is 73.8 Å². The van der Waals surface area contributed by atoms with Crippen LogP contribution in [0, 0.1) is 24.0 Å². The molecule has 0 spiro atoms. The number of hydrogen-bond acceptors (Lipinski definition) is 5. The fraction of sp³-hybridized carbons (Fsp3) is 0.176. The molecule has 0 aliphatic heterocycles. The summed E-state index contributed by atoms with van der Waals surface area (Å²) >= 11 is 1.24. The van der Waals surface area contributed by atoms with Gasteiger partial charge in [-0.1, -0.05) is 35.9 Å². The van der Waals surface area contributed by atoms with E-state index < -0.39 is 0 Å². The Labute approximate surface area is 143 Å². The SMILES string of the molecule is Cc1ccc(-c2nnc(Sc3ccc(C)cc3[N+](=O)[O-])n2C)cc1. The van der Waals surface area contributed by atoms with E-state index in [2.05, 4.69) is 10.2 Å². The molecule has 0 fully saturated rings. The van der Waals surface area contributed by atoms with Crippen molar-refractivity contribution in [2.75, 3.05) is 0 Å². The molecule has 0 amide bonds. The predicted molar refractivity (Wildman–Crippen MR) is 93.1 cm³/mol. The molecule has 0 N–H and O–H groups in total. The maximum Gasteiger partial charge on any atom is 0.283 e. The number of nitro groups is 1. The van der Waals surface area contributed by atoms with Crippen LogP contribution in [0.2, 0.25) is 0 Å². The minimum Gasteiger partial charge on any atom is -0.305 e. The van der Waals surface area contributed by atoms with Gasteiger partial charge in [-0.05, 0) is 37.2 Å². The van der Waals surface area contributed by atoms with Gasteiger partial charge < -0.3 is 4.57 Å². The Bertz CT molecular complexity index is 903. The van der Waals surface area contributed by atoms with Crippen molar-refractivity contribution in [3.05, 3.63) is 63.7 Å². The van der Waals surface area contributed by atoms with Gasteiger partial charge in [0.15, 0.2) is 11.0 Å². The molecule has 24 heavy (non-hydrogen) atoms. The molecule has 0 atom stereocenters. The fourth-order valence-electron chi connectivity index (χ4n) is 2.31. The molecule has 2 aromatic carbocycles. The smallest absolute Gasteiger partial charge is 0.283 e. The highest BCUT2D eigenvalue weighted by atomic mass is 32.2. The number of nitrogens with zero attached hydrogens (tertiary/aromatic N) is 4. The number of hydrogen-bond donors (Lipinski definition) is 0. The summed E-state index contributed by atoms with van der Waals surface area (Å²) in [5, 5.41) is 20.3. The van der Waals surface area contributed by atoms with E-state index in [-0.39, 0.29) is 10.6 Å². The Hall–Kier alpha value is -2.67. The third-order valence-corrected chi connectivity index (χ3v) is 4.76. The fourth-order valence-corrected chi connectivity index (χ4v) is 3.19. The van der Waals surface area contributed by atoms with Gasteiger partial charge in [-0.25, -0.2) is 0 Å². The summed E-state index contributed by atoms with van der Waals surface area (Å²) in [6.07, 6.45) is 0. The first-order valence-corrected chi connectivity index (χ1v) is 8.16. The van der Waals surface area contributed by atoms with Crippen molar-refractivity contribution < 1.29 is 4.92 Å². The van der Waals surface area contributed by atoms with Crippen molar-refractivity contribution >= 4 is 17.4 Å². The zero-order chi connectivity index (χ0) is 17.3. The number of rotatable bonds is 4. The number of nitro benzene ring substituents is 1. The van der Waals surface area contributed by atoms with E-state index >= 15 is 0 Å². The van der Waals surface area contributed by atoms with Gasteiger partial charge in [-0.3, -0.25) is 10.1 Å². The highest BCUT2D eigenvalue weighted by Gasteiger charge is 2.18. The summed E-state index contributed by atoms with van der Waals surface area (Å²) in [5.74, 6) is 0.729. The second kappa shape index (κ2) is 6.45. The second-order valence-electron chi connectivity index (χ2n) is 5.56. The molecular weight excluding hydrogens is 324 g/mol. The molecule has 122 valence electrons. The van der Waals surface area contributed by atoms with Crippen molar-refractivity contribution in [2.45, 2.75) is 23.9 Å². The van der Waals surface area contributed by atoms with E-state index in [1.807, 2.05) is 55.8 Å². The normalized spacial score (nSPS) is 10.8. The van der Waals surface area contributed by atoms with Crippen LogP contribution in [-0.4, -0.2) is 19.7 Å². The lowest BCUT2D eigenvalue weighted by Gasteiger charge is -2.05. The highest BCUT2D eigenvalue weighted by molar-refractivity contribution is 7.99. The van der Waals surface area contributed by atoms with Gasteiger partial charge in [-0.15, -0.1) is 10.2 Å². The Morgan fingerprint density at radius 1 is 1.04 bits per heavy atom. The molecule has 0 aliphatic carbocycles. The quantitative estimate of drug-likeness (QED) is 0.527. The van der Waals surface area contributed by atoms with Crippen molar-refractivity contribution in [3.8, 4) is 11.4 Å².